The van der Waals surface area contributed by atoms with Gasteiger partial charge in [0.05, 0.1) is 13.2 Å². The maximum Gasteiger partial charge on any atom is 0.0619 e. The number of nitrogens with zero attached hydrogens (tertiary/aromatic N) is 1. The van der Waals surface area contributed by atoms with Gasteiger partial charge in [0.2, 0.25) is 0 Å². The molecule has 1 heterocycles. The van der Waals surface area contributed by atoms with Crippen LogP contribution in [0, 0.1) is 0 Å². The minimum absolute atomic E-state index is 0.327. The van der Waals surface area contributed by atoms with Crippen molar-refractivity contribution >= 4 is 11.6 Å². The summed E-state index contributed by atoms with van der Waals surface area (Å²) in [5.74, 6) is 0. The highest BCUT2D eigenvalue weighted by Crippen LogP contribution is 2.25. The number of hydrogen-bond acceptors (Lipinski definition) is 3. The summed E-state index contributed by atoms with van der Waals surface area (Å²) in [6.45, 7) is 9.27. The van der Waals surface area contributed by atoms with Gasteiger partial charge in [-0.25, -0.2) is 0 Å². The third-order valence-corrected chi connectivity index (χ3v) is 4.48. The number of hydrogen-bond donors (Lipinski definition) is 1. The van der Waals surface area contributed by atoms with Crippen LogP contribution < -0.4 is 5.32 Å². The Labute approximate surface area is 133 Å². The molecule has 1 aliphatic rings. The lowest BCUT2D eigenvalue weighted by molar-refractivity contribution is -0.00182. The minimum atomic E-state index is 0.327. The molecular formula is C17H27ClN2O. The van der Waals surface area contributed by atoms with Gasteiger partial charge in [0.15, 0.2) is 0 Å². The summed E-state index contributed by atoms with van der Waals surface area (Å²) in [5.41, 5.74) is 1.22. The number of rotatable bonds is 7. The Morgan fingerprint density at radius 1 is 1.43 bits per heavy atom. The first-order valence-electron chi connectivity index (χ1n) is 8.02. The van der Waals surface area contributed by atoms with Crippen molar-refractivity contribution in [3.05, 3.63) is 34.9 Å². The lowest BCUT2D eigenvalue weighted by atomic mass is 10.0. The Balaban J connectivity index is 1.97. The monoisotopic (exact) mass is 310 g/mol. The van der Waals surface area contributed by atoms with E-state index in [-0.39, 0.29) is 0 Å². The molecule has 0 spiro atoms. The van der Waals surface area contributed by atoms with E-state index in [9.17, 15) is 0 Å². The first kappa shape index (κ1) is 16.8. The Kier molecular flexibility index (Phi) is 6.97. The zero-order valence-electron chi connectivity index (χ0n) is 13.1. The van der Waals surface area contributed by atoms with E-state index in [1.54, 1.807) is 0 Å². The van der Waals surface area contributed by atoms with Crippen LogP contribution in [0.5, 0.6) is 0 Å². The van der Waals surface area contributed by atoms with E-state index in [0.717, 1.165) is 50.7 Å². The number of nitrogens with one attached hydrogen (secondary N) is 1. The second kappa shape index (κ2) is 8.74. The van der Waals surface area contributed by atoms with Gasteiger partial charge in [0.1, 0.15) is 0 Å². The van der Waals surface area contributed by atoms with E-state index in [2.05, 4.69) is 36.2 Å². The second-order valence-corrected chi connectivity index (χ2v) is 6.18. The highest BCUT2D eigenvalue weighted by atomic mass is 35.5. The summed E-state index contributed by atoms with van der Waals surface area (Å²) in [4.78, 5) is 2.51. The average Bonchev–Trinajstić information content (AvgIpc) is 2.50. The maximum atomic E-state index is 6.37. The molecule has 2 atom stereocenters. The van der Waals surface area contributed by atoms with E-state index in [1.807, 2.05) is 12.1 Å². The molecule has 3 nitrogen and oxygen atoms in total. The molecule has 1 aliphatic heterocycles. The van der Waals surface area contributed by atoms with Crippen LogP contribution in [0.4, 0.5) is 0 Å². The first-order valence-corrected chi connectivity index (χ1v) is 8.39. The van der Waals surface area contributed by atoms with E-state index in [1.165, 1.54) is 5.56 Å². The Hall–Kier alpha value is -0.610. The molecule has 0 amide bonds. The number of morpholine rings is 1. The Morgan fingerprint density at radius 2 is 2.24 bits per heavy atom. The van der Waals surface area contributed by atoms with Gasteiger partial charge in [-0.3, -0.25) is 4.90 Å². The fourth-order valence-corrected chi connectivity index (χ4v) is 3.10. The van der Waals surface area contributed by atoms with Crippen LogP contribution in [0.2, 0.25) is 5.02 Å². The van der Waals surface area contributed by atoms with Crippen molar-refractivity contribution in [2.24, 2.45) is 0 Å². The van der Waals surface area contributed by atoms with Gasteiger partial charge in [0.25, 0.3) is 0 Å². The molecule has 1 aromatic carbocycles. The summed E-state index contributed by atoms with van der Waals surface area (Å²) >= 11 is 6.37. The normalized spacial score (nSPS) is 21.4. The van der Waals surface area contributed by atoms with E-state index in [0.29, 0.717) is 12.1 Å². The molecule has 2 unspecified atom stereocenters. The molecule has 0 aromatic heterocycles. The summed E-state index contributed by atoms with van der Waals surface area (Å²) in [7, 11) is 0. The highest BCUT2D eigenvalue weighted by molar-refractivity contribution is 6.31. The average molecular weight is 311 g/mol. The molecule has 1 saturated heterocycles. The summed E-state index contributed by atoms with van der Waals surface area (Å²) < 4.78 is 5.51. The van der Waals surface area contributed by atoms with Crippen LogP contribution in [-0.2, 0) is 4.74 Å². The van der Waals surface area contributed by atoms with Crippen LogP contribution in [-0.4, -0.2) is 43.8 Å². The van der Waals surface area contributed by atoms with Gasteiger partial charge in [-0.05, 0) is 37.9 Å². The number of ether oxygens (including phenoxy) is 1. The van der Waals surface area contributed by atoms with Crippen molar-refractivity contribution in [1.29, 1.82) is 0 Å². The van der Waals surface area contributed by atoms with Crippen molar-refractivity contribution in [2.75, 3.05) is 32.8 Å². The fraction of sp³-hybridized carbons (Fsp3) is 0.647. The van der Waals surface area contributed by atoms with E-state index in [4.69, 9.17) is 16.3 Å². The molecule has 4 heteroatoms. The van der Waals surface area contributed by atoms with Gasteiger partial charge in [-0.1, -0.05) is 36.7 Å². The van der Waals surface area contributed by atoms with Crippen molar-refractivity contribution in [3.8, 4) is 0 Å². The first-order chi connectivity index (χ1) is 10.2. The van der Waals surface area contributed by atoms with Crippen molar-refractivity contribution in [1.82, 2.24) is 10.2 Å². The molecule has 1 N–H and O–H groups in total. The molecule has 0 saturated carbocycles. The number of benzene rings is 1. The predicted molar refractivity (Wildman–Crippen MR) is 89.0 cm³/mol. The lowest BCUT2D eigenvalue weighted by Gasteiger charge is -2.34. The summed E-state index contributed by atoms with van der Waals surface area (Å²) in [5, 5.41) is 4.50. The van der Waals surface area contributed by atoms with Crippen LogP contribution in [0.1, 0.15) is 38.3 Å². The fourth-order valence-electron chi connectivity index (χ4n) is 2.83. The van der Waals surface area contributed by atoms with Gasteiger partial charge < -0.3 is 10.1 Å². The molecule has 1 aromatic rings. The zero-order valence-corrected chi connectivity index (χ0v) is 13.9. The third kappa shape index (κ3) is 4.96. The highest BCUT2D eigenvalue weighted by Gasteiger charge is 2.21. The van der Waals surface area contributed by atoms with Crippen molar-refractivity contribution < 1.29 is 4.74 Å². The molecule has 0 aliphatic carbocycles. The largest absolute Gasteiger partial charge is 0.379 e. The second-order valence-electron chi connectivity index (χ2n) is 5.78. The minimum Gasteiger partial charge on any atom is -0.379 e. The Morgan fingerprint density at radius 3 is 2.95 bits per heavy atom. The molecule has 0 radical (unpaired) electrons. The SMILES string of the molecule is CCCNC(CCN1CCOCC1C)c1ccccc1Cl. The van der Waals surface area contributed by atoms with Crippen LogP contribution in [0.3, 0.4) is 0 Å². The van der Waals surface area contributed by atoms with Crippen LogP contribution in [0.15, 0.2) is 24.3 Å². The van der Waals surface area contributed by atoms with Crippen molar-refractivity contribution in [2.45, 2.75) is 38.8 Å². The van der Waals surface area contributed by atoms with Gasteiger partial charge in [0, 0.05) is 30.2 Å². The molecule has 118 valence electrons. The molecule has 1 fully saturated rings. The van der Waals surface area contributed by atoms with Crippen LogP contribution >= 0.6 is 11.6 Å². The quantitative estimate of drug-likeness (QED) is 0.834. The van der Waals surface area contributed by atoms with E-state index < -0.39 is 0 Å². The third-order valence-electron chi connectivity index (χ3n) is 4.13. The van der Waals surface area contributed by atoms with Gasteiger partial charge >= 0.3 is 0 Å². The predicted octanol–water partition coefficient (Wildman–Crippen LogP) is 3.49. The maximum absolute atomic E-state index is 6.37. The molecule has 0 bridgehead atoms. The standard InChI is InChI=1S/C17H27ClN2O/c1-3-9-19-17(15-6-4-5-7-16(15)18)8-10-20-11-12-21-13-14(20)2/h4-7,14,17,19H,3,8-13H2,1-2H3. The van der Waals surface area contributed by atoms with Crippen LogP contribution in [0.25, 0.3) is 0 Å². The van der Waals surface area contributed by atoms with E-state index >= 15 is 0 Å². The zero-order chi connectivity index (χ0) is 15.1. The number of halogens is 1. The van der Waals surface area contributed by atoms with Crippen molar-refractivity contribution in [3.63, 3.8) is 0 Å². The smallest absolute Gasteiger partial charge is 0.0619 e. The summed E-state index contributed by atoms with van der Waals surface area (Å²) in [6, 6.07) is 9.02. The lowest BCUT2D eigenvalue weighted by Crippen LogP contribution is -2.44. The topological polar surface area (TPSA) is 24.5 Å². The van der Waals surface area contributed by atoms with Gasteiger partial charge in [-0.15, -0.1) is 0 Å². The Bertz CT molecular complexity index is 427. The molecule has 21 heavy (non-hydrogen) atoms. The summed E-state index contributed by atoms with van der Waals surface area (Å²) in [6.07, 6.45) is 2.21. The van der Waals surface area contributed by atoms with Gasteiger partial charge in [-0.2, -0.15) is 0 Å². The molecular weight excluding hydrogens is 284 g/mol. The molecule has 2 rings (SSSR count).